The molecule has 2 nitrogen and oxygen atoms in total. The molecule has 0 radical (unpaired) electrons. The van der Waals surface area contributed by atoms with E-state index in [-0.39, 0.29) is 15.7 Å². The van der Waals surface area contributed by atoms with Crippen molar-refractivity contribution in [2.45, 2.75) is 38.4 Å². The normalized spacial score (nSPS) is 13.7. The quantitative estimate of drug-likeness (QED) is 0.460. The van der Waals surface area contributed by atoms with E-state index in [2.05, 4.69) is 13.8 Å². The molecule has 0 heterocycles. The first-order valence-electron chi connectivity index (χ1n) is 3.53. The second kappa shape index (κ2) is 8.14. The zero-order chi connectivity index (χ0) is 6.41. The van der Waals surface area contributed by atoms with E-state index in [1.54, 1.807) is 0 Å². The third-order valence-corrected chi connectivity index (χ3v) is 3.79. The lowest BCUT2D eigenvalue weighted by Gasteiger charge is -2.00. The summed E-state index contributed by atoms with van der Waals surface area (Å²) in [6.07, 6.45) is 1.36. The summed E-state index contributed by atoms with van der Waals surface area (Å²) in [7, 11) is 0.239. The molecule has 0 aromatic rings. The summed E-state index contributed by atoms with van der Waals surface area (Å²) in [6, 6.07) is 3.27. The van der Waals surface area contributed by atoms with E-state index in [1.165, 1.54) is 18.5 Å². The molecule has 9 heavy (non-hydrogen) atoms. The highest BCUT2D eigenvalue weighted by molar-refractivity contribution is 6.35. The maximum absolute atomic E-state index is 5.57. The first-order valence-corrected chi connectivity index (χ1v) is 5.53. The van der Waals surface area contributed by atoms with Crippen molar-refractivity contribution in [2.75, 3.05) is 0 Å². The van der Waals surface area contributed by atoms with Crippen molar-refractivity contribution in [3.05, 3.63) is 0 Å². The van der Waals surface area contributed by atoms with E-state index >= 15 is 0 Å². The lowest BCUT2D eigenvalue weighted by Crippen LogP contribution is -2.16. The summed E-state index contributed by atoms with van der Waals surface area (Å²) in [5.41, 5.74) is 5.57. The van der Waals surface area contributed by atoms with Gasteiger partial charge in [-0.05, 0) is 12.1 Å². The minimum absolute atomic E-state index is 0. The Kier molecular flexibility index (Phi) is 10.7. The van der Waals surface area contributed by atoms with Crippen molar-refractivity contribution in [2.24, 2.45) is 5.73 Å². The average Bonchev–Trinajstić information content (AvgIpc) is 1.66. The maximum Gasteiger partial charge on any atom is 0.0215 e. The molecule has 0 bridgehead atoms. The van der Waals surface area contributed by atoms with Gasteiger partial charge in [-0.15, -0.1) is 0 Å². The van der Waals surface area contributed by atoms with Gasteiger partial charge in [0.25, 0.3) is 0 Å². The Morgan fingerprint density at radius 1 is 1.56 bits per heavy atom. The lowest BCUT2D eigenvalue weighted by atomic mass is 10.4. The highest BCUT2D eigenvalue weighted by Crippen LogP contribution is 1.92. The van der Waals surface area contributed by atoms with Gasteiger partial charge in [0.1, 0.15) is 0 Å². The monoisotopic (exact) mass is 148 g/mol. The summed E-state index contributed by atoms with van der Waals surface area (Å²) < 4.78 is 0. The van der Waals surface area contributed by atoms with Gasteiger partial charge in [-0.2, -0.15) is 0 Å². The van der Waals surface area contributed by atoms with E-state index in [0.717, 1.165) is 0 Å². The molecule has 0 aliphatic heterocycles. The van der Waals surface area contributed by atoms with Crippen LogP contribution in [0.25, 0.3) is 0 Å². The van der Waals surface area contributed by atoms with E-state index in [9.17, 15) is 0 Å². The number of hydrogen-bond donors (Lipinski definition) is 2. The Morgan fingerprint density at radius 3 is 2.44 bits per heavy atom. The largest absolute Gasteiger partial charge is 0.344 e. The van der Waals surface area contributed by atoms with Gasteiger partial charge in [0.2, 0.25) is 0 Å². The van der Waals surface area contributed by atoms with Gasteiger partial charge in [-0.25, -0.2) is 0 Å². The Bertz CT molecular complexity index is 48.3. The van der Waals surface area contributed by atoms with E-state index in [4.69, 9.17) is 5.73 Å². The molecule has 0 spiro atoms. The van der Waals surface area contributed by atoms with Crippen molar-refractivity contribution in [3.8, 4) is 0 Å². The van der Waals surface area contributed by atoms with Crippen molar-refractivity contribution in [1.29, 1.82) is 0 Å². The van der Waals surface area contributed by atoms with Gasteiger partial charge < -0.3 is 11.9 Å². The topological polar surface area (TPSA) is 61.0 Å². The average molecular weight is 148 g/mol. The third kappa shape index (κ3) is 11.6. The fourth-order valence-corrected chi connectivity index (χ4v) is 2.15. The van der Waals surface area contributed by atoms with Gasteiger partial charge in [-0.3, -0.25) is 0 Å². The van der Waals surface area contributed by atoms with Crippen molar-refractivity contribution < 1.29 is 0 Å². The molecule has 3 heteroatoms. The SMILES string of the molecule is CCC[SiH2]CC(C)N.N. The van der Waals surface area contributed by atoms with Crippen LogP contribution in [0.3, 0.4) is 0 Å². The number of hydrogen-bond acceptors (Lipinski definition) is 2. The molecule has 0 saturated carbocycles. The van der Waals surface area contributed by atoms with E-state index < -0.39 is 0 Å². The van der Waals surface area contributed by atoms with Crippen LogP contribution in [0.1, 0.15) is 20.3 Å². The van der Waals surface area contributed by atoms with E-state index in [0.29, 0.717) is 6.04 Å². The Balaban J connectivity index is 0. The highest BCUT2D eigenvalue weighted by atomic mass is 28.2. The first kappa shape index (κ1) is 11.9. The first-order chi connectivity index (χ1) is 3.77. The highest BCUT2D eigenvalue weighted by Gasteiger charge is 1.91. The molecule has 58 valence electrons. The lowest BCUT2D eigenvalue weighted by molar-refractivity contribution is 0.823. The molecule has 1 atom stereocenters. The standard InChI is InChI=1S/C6H17NSi.H3N/c1-3-4-8-5-6(2)7;/h6H,3-5,7-8H2,1-2H3;1H3. The number of rotatable bonds is 4. The van der Waals surface area contributed by atoms with Crippen LogP contribution in [0.4, 0.5) is 0 Å². The van der Waals surface area contributed by atoms with Gasteiger partial charge in [0, 0.05) is 9.52 Å². The summed E-state index contributed by atoms with van der Waals surface area (Å²) in [5.74, 6) is 0. The van der Waals surface area contributed by atoms with Gasteiger partial charge in [0.15, 0.2) is 0 Å². The molecule has 0 rings (SSSR count). The summed E-state index contributed by atoms with van der Waals surface area (Å²) in [4.78, 5) is 0. The minimum Gasteiger partial charge on any atom is -0.344 e. The minimum atomic E-state index is 0. The second-order valence-electron chi connectivity index (χ2n) is 2.47. The predicted molar refractivity (Wildman–Crippen MR) is 47.1 cm³/mol. The van der Waals surface area contributed by atoms with Gasteiger partial charge in [-0.1, -0.05) is 26.3 Å². The zero-order valence-electron chi connectivity index (χ0n) is 6.69. The third-order valence-electron chi connectivity index (χ3n) is 1.26. The van der Waals surface area contributed by atoms with Crippen LogP contribution in [0.15, 0.2) is 0 Å². The van der Waals surface area contributed by atoms with Crippen molar-refractivity contribution >= 4 is 9.52 Å². The van der Waals surface area contributed by atoms with Crippen LogP contribution in [0, 0.1) is 0 Å². The van der Waals surface area contributed by atoms with Crippen LogP contribution in [0.5, 0.6) is 0 Å². The maximum atomic E-state index is 5.57. The van der Waals surface area contributed by atoms with Crippen molar-refractivity contribution in [1.82, 2.24) is 6.15 Å². The van der Waals surface area contributed by atoms with Crippen molar-refractivity contribution in [3.63, 3.8) is 0 Å². The molecule has 0 aromatic carbocycles. The molecule has 0 aliphatic rings. The molecule has 0 fully saturated rings. The summed E-state index contributed by atoms with van der Waals surface area (Å²) in [6.45, 7) is 4.34. The number of nitrogens with two attached hydrogens (primary N) is 1. The molecule has 5 N–H and O–H groups in total. The fourth-order valence-electron chi connectivity index (χ4n) is 0.716. The predicted octanol–water partition coefficient (Wildman–Crippen LogP) is 0.911. The molecule has 0 aromatic heterocycles. The molecule has 0 saturated heterocycles. The van der Waals surface area contributed by atoms with Crippen LogP contribution >= 0.6 is 0 Å². The second-order valence-corrected chi connectivity index (χ2v) is 4.46. The van der Waals surface area contributed by atoms with Gasteiger partial charge in [0.05, 0.1) is 0 Å². The molecule has 0 aliphatic carbocycles. The Hall–Kier alpha value is 0.137. The zero-order valence-corrected chi connectivity index (χ0v) is 8.10. The van der Waals surface area contributed by atoms with Crippen LogP contribution in [-0.2, 0) is 0 Å². The fraction of sp³-hybridized carbons (Fsp3) is 1.00. The summed E-state index contributed by atoms with van der Waals surface area (Å²) >= 11 is 0. The van der Waals surface area contributed by atoms with Crippen LogP contribution in [-0.4, -0.2) is 15.6 Å². The van der Waals surface area contributed by atoms with Crippen LogP contribution in [0.2, 0.25) is 12.1 Å². The molecule has 0 amide bonds. The Labute approximate surface area is 60.6 Å². The molecular weight excluding hydrogens is 128 g/mol. The summed E-state index contributed by atoms with van der Waals surface area (Å²) in [5, 5.41) is 0. The Morgan fingerprint density at radius 2 is 2.11 bits per heavy atom. The van der Waals surface area contributed by atoms with Crippen LogP contribution < -0.4 is 11.9 Å². The molecular formula is C6H20N2Si. The molecule has 1 unspecified atom stereocenters. The van der Waals surface area contributed by atoms with E-state index in [1.807, 2.05) is 0 Å². The smallest absolute Gasteiger partial charge is 0.0215 e. The van der Waals surface area contributed by atoms with Gasteiger partial charge >= 0.3 is 0 Å².